The van der Waals surface area contributed by atoms with E-state index in [0.717, 1.165) is 18.4 Å². The van der Waals surface area contributed by atoms with E-state index in [0.29, 0.717) is 5.92 Å². The highest BCUT2D eigenvalue weighted by atomic mass is 16.3. The second-order valence-electron chi connectivity index (χ2n) is 8.48. The first-order valence-electron chi connectivity index (χ1n) is 10.9. The number of hydrogen-bond donors (Lipinski definition) is 1. The number of fused-ring (bicyclic) bond motifs is 6. The molecule has 1 unspecified atom stereocenters. The Bertz CT molecular complexity index is 1410. The molecule has 1 heteroatoms. The molecule has 1 aliphatic carbocycles. The van der Waals surface area contributed by atoms with E-state index < -0.39 is 0 Å². The van der Waals surface area contributed by atoms with Crippen LogP contribution in [0.2, 0.25) is 0 Å². The van der Waals surface area contributed by atoms with Gasteiger partial charge in [-0.2, -0.15) is 0 Å². The Balaban J connectivity index is 1.65. The van der Waals surface area contributed by atoms with Gasteiger partial charge < -0.3 is 5.11 Å². The molecule has 0 saturated heterocycles. The fourth-order valence-corrected chi connectivity index (χ4v) is 5.59. The Hall–Kier alpha value is -3.16. The minimum atomic E-state index is 0.0796. The van der Waals surface area contributed by atoms with Gasteiger partial charge in [-0.3, -0.25) is 0 Å². The molecule has 0 fully saturated rings. The van der Waals surface area contributed by atoms with Gasteiger partial charge in [0.15, 0.2) is 0 Å². The van der Waals surface area contributed by atoms with Crippen molar-refractivity contribution in [1.29, 1.82) is 0 Å². The molecule has 1 nitrogen and oxygen atoms in total. The minimum absolute atomic E-state index is 0.0796. The molecule has 30 heavy (non-hydrogen) atoms. The van der Waals surface area contributed by atoms with Crippen LogP contribution in [0.4, 0.5) is 0 Å². The van der Waals surface area contributed by atoms with Gasteiger partial charge in [0.25, 0.3) is 0 Å². The van der Waals surface area contributed by atoms with Crippen LogP contribution < -0.4 is 0 Å². The summed E-state index contributed by atoms with van der Waals surface area (Å²) < 4.78 is 0. The topological polar surface area (TPSA) is 20.2 Å². The lowest BCUT2D eigenvalue weighted by Crippen LogP contribution is -2.14. The van der Waals surface area contributed by atoms with E-state index >= 15 is 0 Å². The van der Waals surface area contributed by atoms with E-state index in [9.17, 15) is 5.11 Å². The summed E-state index contributed by atoms with van der Waals surface area (Å²) in [6.45, 7) is 0.0796. The van der Waals surface area contributed by atoms with E-state index in [2.05, 4.69) is 84.9 Å². The summed E-state index contributed by atoms with van der Waals surface area (Å²) in [7, 11) is 0. The average Bonchev–Trinajstić information content (AvgIpc) is 2.82. The molecule has 0 bridgehead atoms. The van der Waals surface area contributed by atoms with Gasteiger partial charge in [-0.15, -0.1) is 0 Å². The van der Waals surface area contributed by atoms with Crippen molar-refractivity contribution < 1.29 is 5.11 Å². The first kappa shape index (κ1) is 17.7. The van der Waals surface area contributed by atoms with Gasteiger partial charge in [0.2, 0.25) is 0 Å². The van der Waals surface area contributed by atoms with Crippen molar-refractivity contribution in [2.75, 3.05) is 0 Å². The van der Waals surface area contributed by atoms with Crippen LogP contribution in [0.15, 0.2) is 84.9 Å². The van der Waals surface area contributed by atoms with Crippen LogP contribution in [0, 0.1) is 0 Å². The minimum Gasteiger partial charge on any atom is -0.392 e. The zero-order chi connectivity index (χ0) is 20.1. The van der Waals surface area contributed by atoms with Gasteiger partial charge in [0, 0.05) is 5.92 Å². The lowest BCUT2D eigenvalue weighted by molar-refractivity contribution is 0.281. The molecule has 5 aromatic rings. The van der Waals surface area contributed by atoms with E-state index in [4.69, 9.17) is 0 Å². The zero-order valence-electron chi connectivity index (χ0n) is 16.9. The highest BCUT2D eigenvalue weighted by molar-refractivity contribution is 6.09. The largest absolute Gasteiger partial charge is 0.392 e. The van der Waals surface area contributed by atoms with Crippen LogP contribution >= 0.6 is 0 Å². The van der Waals surface area contributed by atoms with Crippen LogP contribution in [0.5, 0.6) is 0 Å². The Labute approximate surface area is 176 Å². The summed E-state index contributed by atoms with van der Waals surface area (Å²) >= 11 is 0. The van der Waals surface area contributed by atoms with Crippen molar-refractivity contribution in [3.63, 3.8) is 0 Å². The molecule has 0 radical (unpaired) electrons. The summed E-state index contributed by atoms with van der Waals surface area (Å²) in [5, 5.41) is 18.0. The number of aliphatic hydroxyl groups excluding tert-OH is 1. The molecule has 0 aliphatic heterocycles. The molecule has 0 aromatic heterocycles. The molecule has 5 aromatic carbocycles. The van der Waals surface area contributed by atoms with Crippen LogP contribution in [-0.4, -0.2) is 5.11 Å². The molecular formula is C29H24O. The standard InChI is InChI=1S/C29H24O/c30-18-28-23-10-4-2-7-20(23)12-15-25(28)26-11-5-8-21-14-16-24-22-9-3-1-6-19(22)13-17-27(24)29(21)26/h1-4,6-7,9-10,12-17,26,30H,5,8,11,18H2. The van der Waals surface area contributed by atoms with Crippen molar-refractivity contribution in [3.8, 4) is 0 Å². The zero-order valence-corrected chi connectivity index (χ0v) is 16.9. The Morgan fingerprint density at radius 3 is 2.20 bits per heavy atom. The summed E-state index contributed by atoms with van der Waals surface area (Å²) in [6.07, 6.45) is 3.45. The molecule has 1 aliphatic rings. The van der Waals surface area contributed by atoms with E-state index in [1.165, 1.54) is 55.4 Å². The lowest BCUT2D eigenvalue weighted by atomic mass is 9.74. The second kappa shape index (κ2) is 6.97. The third kappa shape index (κ3) is 2.59. The Morgan fingerprint density at radius 1 is 0.667 bits per heavy atom. The molecular weight excluding hydrogens is 364 g/mol. The molecule has 1 atom stereocenters. The van der Waals surface area contributed by atoms with Crippen molar-refractivity contribution in [2.45, 2.75) is 31.8 Å². The fraction of sp³-hybridized carbons (Fsp3) is 0.172. The number of aliphatic hydroxyl groups is 1. The highest BCUT2D eigenvalue weighted by Crippen LogP contribution is 2.44. The Kier molecular flexibility index (Phi) is 4.11. The van der Waals surface area contributed by atoms with Crippen LogP contribution in [0.1, 0.15) is 41.0 Å². The number of rotatable bonds is 2. The number of benzene rings is 5. The van der Waals surface area contributed by atoms with Gasteiger partial charge in [0.05, 0.1) is 6.61 Å². The van der Waals surface area contributed by atoms with Crippen molar-refractivity contribution in [2.24, 2.45) is 0 Å². The van der Waals surface area contributed by atoms with Gasteiger partial charge in [-0.05, 0) is 73.8 Å². The third-order valence-corrected chi connectivity index (χ3v) is 6.96. The van der Waals surface area contributed by atoms with Crippen molar-refractivity contribution in [1.82, 2.24) is 0 Å². The smallest absolute Gasteiger partial charge is 0.0690 e. The third-order valence-electron chi connectivity index (χ3n) is 6.96. The SMILES string of the molecule is OCc1c(C2CCCc3ccc4c(ccc5ccccc54)c32)ccc2ccccc12. The van der Waals surface area contributed by atoms with Gasteiger partial charge in [-0.1, -0.05) is 84.9 Å². The predicted molar refractivity (Wildman–Crippen MR) is 126 cm³/mol. The van der Waals surface area contributed by atoms with Crippen molar-refractivity contribution >= 4 is 32.3 Å². The van der Waals surface area contributed by atoms with Gasteiger partial charge in [0.1, 0.15) is 0 Å². The first-order chi connectivity index (χ1) is 14.8. The highest BCUT2D eigenvalue weighted by Gasteiger charge is 2.26. The predicted octanol–water partition coefficient (Wildman–Crippen LogP) is 7.11. The molecule has 6 rings (SSSR count). The maximum Gasteiger partial charge on any atom is 0.0690 e. The lowest BCUT2D eigenvalue weighted by Gasteiger charge is -2.30. The van der Waals surface area contributed by atoms with Gasteiger partial charge >= 0.3 is 0 Å². The number of hydrogen-bond acceptors (Lipinski definition) is 1. The quantitative estimate of drug-likeness (QED) is 0.320. The van der Waals surface area contributed by atoms with E-state index in [1.807, 2.05) is 0 Å². The summed E-state index contributed by atoms with van der Waals surface area (Å²) in [6, 6.07) is 30.8. The summed E-state index contributed by atoms with van der Waals surface area (Å²) in [5.41, 5.74) is 5.31. The first-order valence-corrected chi connectivity index (χ1v) is 10.9. The van der Waals surface area contributed by atoms with Crippen LogP contribution in [0.3, 0.4) is 0 Å². The van der Waals surface area contributed by atoms with Crippen molar-refractivity contribution in [3.05, 3.63) is 107 Å². The number of aryl methyl sites for hydroxylation is 1. The van der Waals surface area contributed by atoms with E-state index in [-0.39, 0.29) is 6.61 Å². The monoisotopic (exact) mass is 388 g/mol. The molecule has 1 N–H and O–H groups in total. The summed E-state index contributed by atoms with van der Waals surface area (Å²) in [4.78, 5) is 0. The molecule has 0 amide bonds. The second-order valence-corrected chi connectivity index (χ2v) is 8.48. The molecule has 0 heterocycles. The average molecular weight is 389 g/mol. The maximum absolute atomic E-state index is 10.3. The Morgan fingerprint density at radius 2 is 1.37 bits per heavy atom. The fourth-order valence-electron chi connectivity index (χ4n) is 5.59. The molecule has 146 valence electrons. The summed E-state index contributed by atoms with van der Waals surface area (Å²) in [5.74, 6) is 0.324. The van der Waals surface area contributed by atoms with Crippen LogP contribution in [0.25, 0.3) is 32.3 Å². The van der Waals surface area contributed by atoms with Gasteiger partial charge in [-0.25, -0.2) is 0 Å². The van der Waals surface area contributed by atoms with E-state index in [1.54, 1.807) is 0 Å². The normalized spacial score (nSPS) is 16.2. The van der Waals surface area contributed by atoms with Crippen LogP contribution in [-0.2, 0) is 13.0 Å². The maximum atomic E-state index is 10.3. The molecule has 0 spiro atoms. The molecule has 0 saturated carbocycles.